The van der Waals surface area contributed by atoms with Crippen LogP contribution in [0, 0.1) is 5.92 Å². The topological polar surface area (TPSA) is 50.4 Å². The fraction of sp³-hybridized carbons (Fsp3) is 0.611. The molecule has 0 radical (unpaired) electrons. The Labute approximate surface area is 144 Å². The van der Waals surface area contributed by atoms with Crippen LogP contribution < -0.4 is 10.6 Å². The van der Waals surface area contributed by atoms with Gasteiger partial charge >= 0.3 is 0 Å². The van der Waals surface area contributed by atoms with Gasteiger partial charge in [-0.3, -0.25) is 4.79 Å². The lowest BCUT2D eigenvalue weighted by molar-refractivity contribution is -0.123. The van der Waals surface area contributed by atoms with Crippen LogP contribution in [0.25, 0.3) is 0 Å². The molecule has 1 aliphatic heterocycles. The Morgan fingerprint density at radius 1 is 1.30 bits per heavy atom. The van der Waals surface area contributed by atoms with Crippen LogP contribution in [0.1, 0.15) is 43.2 Å². The van der Waals surface area contributed by atoms with E-state index in [4.69, 9.17) is 4.74 Å². The highest BCUT2D eigenvalue weighted by molar-refractivity contribution is 5.85. The summed E-state index contributed by atoms with van der Waals surface area (Å²) in [5.74, 6) is 0.848. The monoisotopic (exact) mass is 338 g/mol. The van der Waals surface area contributed by atoms with E-state index >= 15 is 0 Å². The van der Waals surface area contributed by atoms with Crippen molar-refractivity contribution in [2.45, 2.75) is 57.3 Å². The first-order chi connectivity index (χ1) is 10.8. The van der Waals surface area contributed by atoms with Crippen LogP contribution in [0.5, 0.6) is 0 Å². The fourth-order valence-electron chi connectivity index (χ4n) is 3.83. The summed E-state index contributed by atoms with van der Waals surface area (Å²) in [6.07, 6.45) is 6.13. The first-order valence-corrected chi connectivity index (χ1v) is 8.37. The van der Waals surface area contributed by atoms with Crippen molar-refractivity contribution in [3.05, 3.63) is 35.4 Å². The number of carbonyl (C=O) groups excluding carboxylic acids is 1. The van der Waals surface area contributed by atoms with Crippen molar-refractivity contribution in [3.8, 4) is 0 Å². The number of hydrogen-bond donors (Lipinski definition) is 2. The maximum Gasteiger partial charge on any atom is 0.237 e. The minimum Gasteiger partial charge on any atom is -0.380 e. The number of rotatable bonds is 5. The molecular formula is C18H27ClN2O2. The van der Waals surface area contributed by atoms with Gasteiger partial charge in [0.1, 0.15) is 0 Å². The molecule has 1 aliphatic carbocycles. The summed E-state index contributed by atoms with van der Waals surface area (Å²) in [4.78, 5) is 12.4. The molecule has 3 unspecified atom stereocenters. The van der Waals surface area contributed by atoms with Gasteiger partial charge in [0.2, 0.25) is 5.91 Å². The lowest BCUT2D eigenvalue weighted by atomic mass is 9.85. The first-order valence-electron chi connectivity index (χ1n) is 8.37. The Hall–Kier alpha value is -1.10. The number of fused-ring (bicyclic) bond motifs is 1. The molecule has 0 spiro atoms. The van der Waals surface area contributed by atoms with Crippen LogP contribution in [0.4, 0.5) is 0 Å². The molecule has 3 atom stereocenters. The first kappa shape index (κ1) is 18.2. The number of nitrogens with one attached hydrogen (secondary N) is 2. The van der Waals surface area contributed by atoms with E-state index in [-0.39, 0.29) is 24.4 Å². The number of hydrogen-bond acceptors (Lipinski definition) is 3. The van der Waals surface area contributed by atoms with Gasteiger partial charge in [0, 0.05) is 19.7 Å². The van der Waals surface area contributed by atoms with Crippen LogP contribution >= 0.6 is 12.4 Å². The second-order valence-corrected chi connectivity index (χ2v) is 6.58. The van der Waals surface area contributed by atoms with Crippen molar-refractivity contribution in [2.75, 3.05) is 7.11 Å². The van der Waals surface area contributed by atoms with Crippen molar-refractivity contribution in [1.82, 2.24) is 10.6 Å². The third kappa shape index (κ3) is 4.69. The predicted octanol–water partition coefficient (Wildman–Crippen LogP) is 2.79. The SMILES string of the molecule is COCc1cccc(CNC(=O)C2CC3CCCCC3N2)c1.Cl. The summed E-state index contributed by atoms with van der Waals surface area (Å²) in [6.45, 7) is 1.19. The zero-order chi connectivity index (χ0) is 15.4. The standard InChI is InChI=1S/C18H26N2O2.ClH/c1-22-12-14-6-4-5-13(9-14)11-19-18(21)17-10-15-7-2-3-8-16(15)20-17;/h4-6,9,15-17,20H,2-3,7-8,10-12H2,1H3,(H,19,21);1H. The number of carbonyl (C=O) groups is 1. The smallest absolute Gasteiger partial charge is 0.237 e. The molecule has 4 nitrogen and oxygen atoms in total. The van der Waals surface area contributed by atoms with Gasteiger partial charge in [-0.05, 0) is 36.3 Å². The van der Waals surface area contributed by atoms with Crippen molar-refractivity contribution >= 4 is 18.3 Å². The summed E-state index contributed by atoms with van der Waals surface area (Å²) >= 11 is 0. The van der Waals surface area contributed by atoms with Gasteiger partial charge < -0.3 is 15.4 Å². The average molecular weight is 339 g/mol. The van der Waals surface area contributed by atoms with Crippen LogP contribution in [0.2, 0.25) is 0 Å². The molecule has 2 fully saturated rings. The number of methoxy groups -OCH3 is 1. The van der Waals surface area contributed by atoms with E-state index in [1.165, 1.54) is 25.7 Å². The van der Waals surface area contributed by atoms with Gasteiger partial charge in [-0.2, -0.15) is 0 Å². The lowest BCUT2D eigenvalue weighted by Gasteiger charge is -2.24. The van der Waals surface area contributed by atoms with Gasteiger partial charge in [0.05, 0.1) is 12.6 Å². The maximum atomic E-state index is 12.4. The summed E-state index contributed by atoms with van der Waals surface area (Å²) in [7, 11) is 1.69. The van der Waals surface area contributed by atoms with Gasteiger partial charge in [-0.25, -0.2) is 0 Å². The fourth-order valence-corrected chi connectivity index (χ4v) is 3.83. The molecule has 2 N–H and O–H groups in total. The van der Waals surface area contributed by atoms with E-state index in [1.807, 2.05) is 18.2 Å². The van der Waals surface area contributed by atoms with E-state index in [9.17, 15) is 4.79 Å². The largest absolute Gasteiger partial charge is 0.380 e. The number of benzene rings is 1. The van der Waals surface area contributed by atoms with Crippen molar-refractivity contribution in [3.63, 3.8) is 0 Å². The molecule has 5 heteroatoms. The van der Waals surface area contributed by atoms with E-state index in [0.717, 1.165) is 17.5 Å². The number of halogens is 1. The summed E-state index contributed by atoms with van der Waals surface area (Å²) < 4.78 is 5.15. The molecule has 1 saturated heterocycles. The minimum absolute atomic E-state index is 0. The normalized spacial score (nSPS) is 26.2. The quantitative estimate of drug-likeness (QED) is 0.868. The zero-order valence-corrected chi connectivity index (χ0v) is 14.5. The van der Waals surface area contributed by atoms with E-state index in [1.54, 1.807) is 7.11 Å². The van der Waals surface area contributed by atoms with Gasteiger partial charge in [0.15, 0.2) is 0 Å². The Kier molecular flexibility index (Phi) is 6.88. The van der Waals surface area contributed by atoms with E-state index in [2.05, 4.69) is 16.7 Å². The highest BCUT2D eigenvalue weighted by atomic mass is 35.5. The Morgan fingerprint density at radius 2 is 2.09 bits per heavy atom. The average Bonchev–Trinajstić information content (AvgIpc) is 2.97. The highest BCUT2D eigenvalue weighted by Gasteiger charge is 2.37. The van der Waals surface area contributed by atoms with Gasteiger partial charge in [-0.15, -0.1) is 12.4 Å². The van der Waals surface area contributed by atoms with Crippen molar-refractivity contribution in [2.24, 2.45) is 5.92 Å². The predicted molar refractivity (Wildman–Crippen MR) is 93.5 cm³/mol. The van der Waals surface area contributed by atoms with Crippen LogP contribution in [0.15, 0.2) is 24.3 Å². The van der Waals surface area contributed by atoms with Crippen molar-refractivity contribution < 1.29 is 9.53 Å². The minimum atomic E-state index is -0.00439. The molecule has 1 amide bonds. The molecule has 1 aromatic carbocycles. The molecule has 0 bridgehead atoms. The molecule has 128 valence electrons. The number of ether oxygens (including phenoxy) is 1. The van der Waals surface area contributed by atoms with Crippen molar-refractivity contribution in [1.29, 1.82) is 0 Å². The maximum absolute atomic E-state index is 12.4. The molecule has 0 aromatic heterocycles. The number of amides is 1. The van der Waals surface area contributed by atoms with Crippen LogP contribution in [0.3, 0.4) is 0 Å². The molecule has 1 heterocycles. The summed E-state index contributed by atoms with van der Waals surface area (Å²) in [6, 6.07) is 8.74. The summed E-state index contributed by atoms with van der Waals surface area (Å²) in [5, 5.41) is 6.61. The summed E-state index contributed by atoms with van der Waals surface area (Å²) in [5.41, 5.74) is 2.26. The van der Waals surface area contributed by atoms with Crippen LogP contribution in [-0.2, 0) is 22.7 Å². The molecule has 2 aliphatic rings. The Bertz CT molecular complexity index is 509. The Morgan fingerprint density at radius 3 is 2.87 bits per heavy atom. The molecule has 1 aromatic rings. The third-order valence-electron chi connectivity index (χ3n) is 4.95. The van der Waals surface area contributed by atoms with E-state index in [0.29, 0.717) is 25.1 Å². The zero-order valence-electron chi connectivity index (χ0n) is 13.7. The molecule has 23 heavy (non-hydrogen) atoms. The van der Waals surface area contributed by atoms with Gasteiger partial charge in [0.25, 0.3) is 0 Å². The van der Waals surface area contributed by atoms with Crippen LogP contribution in [-0.4, -0.2) is 25.1 Å². The third-order valence-corrected chi connectivity index (χ3v) is 4.95. The van der Waals surface area contributed by atoms with Gasteiger partial charge in [-0.1, -0.05) is 37.1 Å². The second kappa shape index (κ2) is 8.67. The highest BCUT2D eigenvalue weighted by Crippen LogP contribution is 2.33. The van der Waals surface area contributed by atoms with E-state index < -0.39 is 0 Å². The molecule has 3 rings (SSSR count). The molecular weight excluding hydrogens is 312 g/mol. The molecule has 1 saturated carbocycles. The Balaban J connectivity index is 0.00000192. The lowest BCUT2D eigenvalue weighted by Crippen LogP contribution is -2.42. The second-order valence-electron chi connectivity index (χ2n) is 6.58.